The number of rotatable bonds is 3. The van der Waals surface area contributed by atoms with Crippen molar-refractivity contribution in [1.82, 2.24) is 14.5 Å². The van der Waals surface area contributed by atoms with E-state index in [4.69, 9.17) is 4.74 Å². The molecular formula is C21H24N4O2. The summed E-state index contributed by atoms with van der Waals surface area (Å²) in [5.74, 6) is 1.21. The number of benzene rings is 1. The first-order valence-electron chi connectivity index (χ1n) is 9.29. The van der Waals surface area contributed by atoms with Gasteiger partial charge in [-0.05, 0) is 23.5 Å². The first-order chi connectivity index (χ1) is 13.1. The van der Waals surface area contributed by atoms with Crippen molar-refractivity contribution in [2.45, 2.75) is 32.8 Å². The van der Waals surface area contributed by atoms with Crippen LogP contribution < -0.4 is 0 Å². The Bertz CT molecular complexity index is 939. The van der Waals surface area contributed by atoms with Crippen molar-refractivity contribution < 1.29 is 9.53 Å². The van der Waals surface area contributed by atoms with Crippen LogP contribution in [0.5, 0.6) is 0 Å². The molecule has 0 saturated heterocycles. The minimum atomic E-state index is 0.0362. The molecule has 4 rings (SSSR count). The van der Waals surface area contributed by atoms with Crippen LogP contribution in [0.15, 0.2) is 41.8 Å². The van der Waals surface area contributed by atoms with Gasteiger partial charge in [-0.25, -0.2) is 4.98 Å². The minimum absolute atomic E-state index is 0.0362. The number of nitrogens with zero attached hydrogens (tertiary/aromatic N) is 4. The number of hydrogen-bond acceptors (Lipinski definition) is 4. The molecule has 0 aliphatic carbocycles. The maximum Gasteiger partial charge on any atom is 0.248 e. The molecule has 0 atom stereocenters. The molecule has 1 aromatic carbocycles. The van der Waals surface area contributed by atoms with Crippen LogP contribution >= 0.6 is 0 Å². The summed E-state index contributed by atoms with van der Waals surface area (Å²) < 4.78 is 7.00. The SMILES string of the molecule is COCc1cn(C2=NCC(=O)N3CCc4c(cccc4C(C)C)C3=C2)cn1. The van der Waals surface area contributed by atoms with Crippen LogP contribution in [-0.2, 0) is 22.6 Å². The smallest absolute Gasteiger partial charge is 0.248 e. The van der Waals surface area contributed by atoms with Gasteiger partial charge in [0.25, 0.3) is 0 Å². The predicted octanol–water partition coefficient (Wildman–Crippen LogP) is 2.84. The van der Waals surface area contributed by atoms with Gasteiger partial charge in [-0.1, -0.05) is 32.0 Å². The van der Waals surface area contributed by atoms with Crippen LogP contribution in [0.3, 0.4) is 0 Å². The molecule has 140 valence electrons. The molecular weight excluding hydrogens is 340 g/mol. The number of aliphatic imine (C=N–C) groups is 1. The number of methoxy groups -OCH3 is 1. The van der Waals surface area contributed by atoms with Crippen molar-refractivity contribution in [3.8, 4) is 0 Å². The van der Waals surface area contributed by atoms with E-state index in [-0.39, 0.29) is 12.5 Å². The number of aromatic nitrogens is 2. The van der Waals surface area contributed by atoms with Gasteiger partial charge in [-0.2, -0.15) is 0 Å². The summed E-state index contributed by atoms with van der Waals surface area (Å²) >= 11 is 0. The number of fused-ring (bicyclic) bond motifs is 3. The lowest BCUT2D eigenvalue weighted by atomic mass is 9.87. The summed E-state index contributed by atoms with van der Waals surface area (Å²) in [6.45, 7) is 5.71. The van der Waals surface area contributed by atoms with Gasteiger partial charge in [0, 0.05) is 31.5 Å². The second-order valence-corrected chi connectivity index (χ2v) is 7.23. The molecule has 3 heterocycles. The van der Waals surface area contributed by atoms with Gasteiger partial charge in [0.2, 0.25) is 5.91 Å². The fourth-order valence-corrected chi connectivity index (χ4v) is 3.84. The van der Waals surface area contributed by atoms with Gasteiger partial charge in [0.15, 0.2) is 0 Å². The van der Waals surface area contributed by atoms with Gasteiger partial charge >= 0.3 is 0 Å². The van der Waals surface area contributed by atoms with Gasteiger partial charge < -0.3 is 9.64 Å². The first-order valence-corrected chi connectivity index (χ1v) is 9.29. The van der Waals surface area contributed by atoms with E-state index >= 15 is 0 Å². The Hall–Kier alpha value is -2.73. The van der Waals surface area contributed by atoms with Gasteiger partial charge in [0.05, 0.1) is 18.0 Å². The van der Waals surface area contributed by atoms with Crippen LogP contribution in [0.4, 0.5) is 0 Å². The largest absolute Gasteiger partial charge is 0.378 e. The lowest BCUT2D eigenvalue weighted by Crippen LogP contribution is -2.36. The molecule has 0 radical (unpaired) electrons. The number of carbonyl (C=O) groups excluding carboxylic acids is 1. The topological polar surface area (TPSA) is 59.7 Å². The van der Waals surface area contributed by atoms with Crippen molar-refractivity contribution >= 4 is 17.4 Å². The highest BCUT2D eigenvalue weighted by molar-refractivity contribution is 6.06. The Morgan fingerprint density at radius 1 is 1.30 bits per heavy atom. The fourth-order valence-electron chi connectivity index (χ4n) is 3.84. The molecule has 1 aromatic heterocycles. The Morgan fingerprint density at radius 3 is 2.93 bits per heavy atom. The van der Waals surface area contributed by atoms with E-state index in [1.807, 2.05) is 21.7 Å². The van der Waals surface area contributed by atoms with Crippen molar-refractivity contribution in [2.24, 2.45) is 4.99 Å². The fraction of sp³-hybridized carbons (Fsp3) is 0.381. The van der Waals surface area contributed by atoms with Crippen LogP contribution in [-0.4, -0.2) is 46.4 Å². The molecule has 27 heavy (non-hydrogen) atoms. The summed E-state index contributed by atoms with van der Waals surface area (Å²) in [7, 11) is 1.64. The molecule has 6 heteroatoms. The second kappa shape index (κ2) is 7.12. The summed E-state index contributed by atoms with van der Waals surface area (Å²) in [5.41, 5.74) is 5.59. The molecule has 1 amide bonds. The lowest BCUT2D eigenvalue weighted by molar-refractivity contribution is -0.126. The standard InChI is InChI=1S/C21H24N4O2/c1-14(2)16-5-4-6-18-17(16)7-8-25-19(18)9-20(22-10-21(25)26)24-11-15(12-27-3)23-13-24/h4-6,9,11,13-14H,7-8,10,12H2,1-3H3. The van der Waals surface area contributed by atoms with Crippen LogP contribution in [0.25, 0.3) is 5.70 Å². The number of allylic oxidation sites excluding steroid dienone is 1. The Balaban J connectivity index is 1.80. The summed E-state index contributed by atoms with van der Waals surface area (Å²) in [6, 6.07) is 6.39. The average molecular weight is 364 g/mol. The average Bonchev–Trinajstić information content (AvgIpc) is 3.05. The predicted molar refractivity (Wildman–Crippen MR) is 105 cm³/mol. The van der Waals surface area contributed by atoms with E-state index in [0.717, 1.165) is 29.2 Å². The van der Waals surface area contributed by atoms with E-state index in [1.54, 1.807) is 13.4 Å². The van der Waals surface area contributed by atoms with Crippen LogP contribution in [0.2, 0.25) is 0 Å². The minimum Gasteiger partial charge on any atom is -0.378 e. The third kappa shape index (κ3) is 3.21. The number of hydrogen-bond donors (Lipinski definition) is 0. The molecule has 0 spiro atoms. The molecule has 0 saturated carbocycles. The highest BCUT2D eigenvalue weighted by Gasteiger charge is 2.29. The molecule has 0 unspecified atom stereocenters. The van der Waals surface area contributed by atoms with Crippen molar-refractivity contribution in [3.63, 3.8) is 0 Å². The lowest BCUT2D eigenvalue weighted by Gasteiger charge is -2.32. The van der Waals surface area contributed by atoms with Crippen LogP contribution in [0, 0.1) is 0 Å². The molecule has 6 nitrogen and oxygen atoms in total. The third-order valence-electron chi connectivity index (χ3n) is 5.12. The molecule has 0 bridgehead atoms. The normalized spacial score (nSPS) is 16.6. The number of imidazole rings is 1. The Kier molecular flexibility index (Phi) is 4.66. The van der Waals surface area contributed by atoms with E-state index < -0.39 is 0 Å². The second-order valence-electron chi connectivity index (χ2n) is 7.23. The van der Waals surface area contributed by atoms with E-state index in [1.165, 1.54) is 11.1 Å². The Morgan fingerprint density at radius 2 is 2.15 bits per heavy atom. The number of ether oxygens (including phenoxy) is 1. The third-order valence-corrected chi connectivity index (χ3v) is 5.12. The summed E-state index contributed by atoms with van der Waals surface area (Å²) in [6.07, 6.45) is 6.50. The molecule has 2 aliphatic rings. The van der Waals surface area contributed by atoms with Gasteiger partial charge in [-0.3, -0.25) is 14.4 Å². The van der Waals surface area contributed by atoms with E-state index in [9.17, 15) is 4.79 Å². The summed E-state index contributed by atoms with van der Waals surface area (Å²) in [5, 5.41) is 0. The van der Waals surface area contributed by atoms with Gasteiger partial charge in [0.1, 0.15) is 18.7 Å². The van der Waals surface area contributed by atoms with Crippen molar-refractivity contribution in [2.75, 3.05) is 20.2 Å². The van der Waals surface area contributed by atoms with E-state index in [2.05, 4.69) is 42.0 Å². The number of amides is 1. The molecule has 0 fully saturated rings. The highest BCUT2D eigenvalue weighted by atomic mass is 16.5. The molecule has 2 aliphatic heterocycles. The molecule has 0 N–H and O–H groups in total. The Labute approximate surface area is 159 Å². The summed E-state index contributed by atoms with van der Waals surface area (Å²) in [4.78, 5) is 23.4. The first kappa shape index (κ1) is 17.7. The van der Waals surface area contributed by atoms with E-state index in [0.29, 0.717) is 19.1 Å². The zero-order valence-electron chi connectivity index (χ0n) is 16.0. The van der Waals surface area contributed by atoms with Crippen LogP contribution in [0.1, 0.15) is 42.1 Å². The quantitative estimate of drug-likeness (QED) is 0.841. The monoisotopic (exact) mass is 364 g/mol. The molecule has 2 aromatic rings. The van der Waals surface area contributed by atoms with Crippen molar-refractivity contribution in [1.29, 1.82) is 0 Å². The van der Waals surface area contributed by atoms with Crippen molar-refractivity contribution in [3.05, 3.63) is 59.2 Å². The highest BCUT2D eigenvalue weighted by Crippen LogP contribution is 2.34. The number of carbonyl (C=O) groups is 1. The zero-order chi connectivity index (χ0) is 19.0. The van der Waals surface area contributed by atoms with Gasteiger partial charge in [-0.15, -0.1) is 0 Å². The maximum absolute atomic E-state index is 12.7. The maximum atomic E-state index is 12.7. The zero-order valence-corrected chi connectivity index (χ0v) is 16.0.